The molecular formula is C15H23FN2O2. The first-order chi connectivity index (χ1) is 9.51. The monoisotopic (exact) mass is 282 g/mol. The van der Waals surface area contributed by atoms with Gasteiger partial charge in [-0.25, -0.2) is 4.39 Å². The van der Waals surface area contributed by atoms with Gasteiger partial charge in [0.2, 0.25) is 0 Å². The minimum absolute atomic E-state index is 0.101. The summed E-state index contributed by atoms with van der Waals surface area (Å²) in [6.07, 6.45) is 0. The Morgan fingerprint density at radius 2 is 2.10 bits per heavy atom. The number of carbonyl (C=O) groups excluding carboxylic acids is 1. The Labute approximate surface area is 119 Å². The zero-order valence-electron chi connectivity index (χ0n) is 12.5. The van der Waals surface area contributed by atoms with Crippen molar-refractivity contribution in [1.82, 2.24) is 5.32 Å². The fourth-order valence-electron chi connectivity index (χ4n) is 1.86. The summed E-state index contributed by atoms with van der Waals surface area (Å²) < 4.78 is 19.0. The van der Waals surface area contributed by atoms with E-state index in [2.05, 4.69) is 10.6 Å². The molecule has 20 heavy (non-hydrogen) atoms. The van der Waals surface area contributed by atoms with E-state index in [1.165, 1.54) is 12.1 Å². The number of anilines is 1. The molecular weight excluding hydrogens is 259 g/mol. The smallest absolute Gasteiger partial charge is 0.253 e. The SMILES string of the molecule is CCOCC(NC(=O)c1cccc(F)c1NC)C(C)C. The van der Waals surface area contributed by atoms with Crippen LogP contribution in [0.2, 0.25) is 0 Å². The molecule has 1 rings (SSSR count). The lowest BCUT2D eigenvalue weighted by atomic mass is 10.0. The van der Waals surface area contributed by atoms with Gasteiger partial charge in [0, 0.05) is 13.7 Å². The van der Waals surface area contributed by atoms with Crippen molar-refractivity contribution in [2.75, 3.05) is 25.6 Å². The van der Waals surface area contributed by atoms with Crippen molar-refractivity contribution in [2.24, 2.45) is 5.92 Å². The summed E-state index contributed by atoms with van der Waals surface area (Å²) in [7, 11) is 1.59. The predicted octanol–water partition coefficient (Wildman–Crippen LogP) is 2.66. The van der Waals surface area contributed by atoms with Crippen molar-refractivity contribution in [3.05, 3.63) is 29.6 Å². The van der Waals surface area contributed by atoms with E-state index in [1.807, 2.05) is 20.8 Å². The van der Waals surface area contributed by atoms with Gasteiger partial charge in [-0.15, -0.1) is 0 Å². The second-order valence-electron chi connectivity index (χ2n) is 4.90. The molecule has 4 nitrogen and oxygen atoms in total. The van der Waals surface area contributed by atoms with Crippen molar-refractivity contribution >= 4 is 11.6 Å². The van der Waals surface area contributed by atoms with Gasteiger partial charge in [0.15, 0.2) is 0 Å². The summed E-state index contributed by atoms with van der Waals surface area (Å²) >= 11 is 0. The van der Waals surface area contributed by atoms with Crippen molar-refractivity contribution in [3.63, 3.8) is 0 Å². The third kappa shape index (κ3) is 4.20. The molecule has 0 fully saturated rings. The molecule has 1 unspecified atom stereocenters. The molecule has 0 aliphatic heterocycles. The van der Waals surface area contributed by atoms with Crippen LogP contribution in [0.15, 0.2) is 18.2 Å². The number of carbonyl (C=O) groups is 1. The van der Waals surface area contributed by atoms with Gasteiger partial charge in [-0.1, -0.05) is 19.9 Å². The first-order valence-electron chi connectivity index (χ1n) is 6.86. The average Bonchev–Trinajstić information content (AvgIpc) is 2.42. The highest BCUT2D eigenvalue weighted by molar-refractivity contribution is 5.99. The van der Waals surface area contributed by atoms with E-state index in [4.69, 9.17) is 4.74 Å². The van der Waals surface area contributed by atoms with Crippen molar-refractivity contribution < 1.29 is 13.9 Å². The van der Waals surface area contributed by atoms with Gasteiger partial charge < -0.3 is 15.4 Å². The Morgan fingerprint density at radius 1 is 1.40 bits per heavy atom. The second kappa shape index (κ2) is 7.85. The Balaban J connectivity index is 2.86. The summed E-state index contributed by atoms with van der Waals surface area (Å²) in [6, 6.07) is 4.35. The minimum Gasteiger partial charge on any atom is -0.385 e. The normalized spacial score (nSPS) is 12.3. The molecule has 1 amide bonds. The molecule has 1 aromatic carbocycles. The van der Waals surface area contributed by atoms with Crippen LogP contribution < -0.4 is 10.6 Å². The van der Waals surface area contributed by atoms with Gasteiger partial charge in [0.1, 0.15) is 5.82 Å². The summed E-state index contributed by atoms with van der Waals surface area (Å²) in [6.45, 7) is 6.97. The van der Waals surface area contributed by atoms with Crippen LogP contribution in [0.5, 0.6) is 0 Å². The summed E-state index contributed by atoms with van der Waals surface area (Å²) in [4.78, 5) is 12.3. The van der Waals surface area contributed by atoms with Crippen LogP contribution in [0.4, 0.5) is 10.1 Å². The van der Waals surface area contributed by atoms with E-state index >= 15 is 0 Å². The van der Waals surface area contributed by atoms with Crippen LogP contribution in [-0.4, -0.2) is 32.2 Å². The number of ether oxygens (including phenoxy) is 1. The van der Waals surface area contributed by atoms with Gasteiger partial charge in [-0.3, -0.25) is 4.79 Å². The van der Waals surface area contributed by atoms with E-state index in [-0.39, 0.29) is 23.6 Å². The number of halogens is 1. The van der Waals surface area contributed by atoms with Gasteiger partial charge in [0.05, 0.1) is 23.9 Å². The van der Waals surface area contributed by atoms with Crippen LogP contribution in [0.3, 0.4) is 0 Å². The molecule has 0 aliphatic rings. The second-order valence-corrected chi connectivity index (χ2v) is 4.90. The summed E-state index contributed by atoms with van der Waals surface area (Å²) in [5.74, 6) is -0.504. The van der Waals surface area contributed by atoms with E-state index in [1.54, 1.807) is 13.1 Å². The Kier molecular flexibility index (Phi) is 6.45. The highest BCUT2D eigenvalue weighted by Crippen LogP contribution is 2.19. The van der Waals surface area contributed by atoms with E-state index < -0.39 is 5.82 Å². The van der Waals surface area contributed by atoms with Crippen molar-refractivity contribution in [1.29, 1.82) is 0 Å². The molecule has 0 spiro atoms. The average molecular weight is 282 g/mol. The fraction of sp³-hybridized carbons (Fsp3) is 0.533. The quantitative estimate of drug-likeness (QED) is 0.808. The zero-order valence-corrected chi connectivity index (χ0v) is 12.5. The maximum atomic E-state index is 13.6. The number of para-hydroxylation sites is 1. The van der Waals surface area contributed by atoms with Gasteiger partial charge in [0.25, 0.3) is 5.91 Å². The minimum atomic E-state index is -0.439. The molecule has 5 heteroatoms. The van der Waals surface area contributed by atoms with E-state index in [9.17, 15) is 9.18 Å². The first kappa shape index (κ1) is 16.4. The third-order valence-electron chi connectivity index (χ3n) is 3.13. The topological polar surface area (TPSA) is 50.4 Å². The zero-order chi connectivity index (χ0) is 15.1. The lowest BCUT2D eigenvalue weighted by Crippen LogP contribution is -2.42. The van der Waals surface area contributed by atoms with Crippen molar-refractivity contribution in [2.45, 2.75) is 26.8 Å². The summed E-state index contributed by atoms with van der Waals surface area (Å²) in [5.41, 5.74) is 0.513. The molecule has 0 saturated heterocycles. The number of rotatable bonds is 7. The van der Waals surface area contributed by atoms with Gasteiger partial charge >= 0.3 is 0 Å². The van der Waals surface area contributed by atoms with Crippen LogP contribution in [0.25, 0.3) is 0 Å². The number of hydrogen-bond acceptors (Lipinski definition) is 3. The van der Waals surface area contributed by atoms with Crippen LogP contribution in [0.1, 0.15) is 31.1 Å². The molecule has 0 heterocycles. The molecule has 1 atom stereocenters. The Morgan fingerprint density at radius 3 is 2.65 bits per heavy atom. The highest BCUT2D eigenvalue weighted by atomic mass is 19.1. The third-order valence-corrected chi connectivity index (χ3v) is 3.13. The number of hydrogen-bond donors (Lipinski definition) is 2. The fourth-order valence-corrected chi connectivity index (χ4v) is 1.86. The first-order valence-corrected chi connectivity index (χ1v) is 6.86. The lowest BCUT2D eigenvalue weighted by Gasteiger charge is -2.22. The van der Waals surface area contributed by atoms with Crippen LogP contribution >= 0.6 is 0 Å². The van der Waals surface area contributed by atoms with Crippen molar-refractivity contribution in [3.8, 4) is 0 Å². The Bertz CT molecular complexity index is 449. The van der Waals surface area contributed by atoms with Crippen LogP contribution in [0, 0.1) is 11.7 Å². The maximum absolute atomic E-state index is 13.6. The van der Waals surface area contributed by atoms with Gasteiger partial charge in [-0.05, 0) is 25.0 Å². The largest absolute Gasteiger partial charge is 0.385 e. The lowest BCUT2D eigenvalue weighted by molar-refractivity contribution is 0.0806. The molecule has 0 bridgehead atoms. The number of benzene rings is 1. The van der Waals surface area contributed by atoms with E-state index in [0.29, 0.717) is 18.8 Å². The molecule has 0 aliphatic carbocycles. The molecule has 0 aromatic heterocycles. The summed E-state index contributed by atoms with van der Waals surface area (Å²) in [5, 5.41) is 5.62. The molecule has 2 N–H and O–H groups in total. The number of nitrogens with one attached hydrogen (secondary N) is 2. The molecule has 112 valence electrons. The molecule has 0 radical (unpaired) electrons. The molecule has 0 saturated carbocycles. The molecule has 1 aromatic rings. The highest BCUT2D eigenvalue weighted by Gasteiger charge is 2.20. The van der Waals surface area contributed by atoms with Gasteiger partial charge in [-0.2, -0.15) is 0 Å². The maximum Gasteiger partial charge on any atom is 0.253 e. The Hall–Kier alpha value is -1.62. The standard InChI is InChI=1S/C15H23FN2O2/c1-5-20-9-13(10(2)3)18-15(19)11-7-6-8-12(16)14(11)17-4/h6-8,10,13,17H,5,9H2,1-4H3,(H,18,19). The van der Waals surface area contributed by atoms with E-state index in [0.717, 1.165) is 0 Å². The number of amides is 1. The van der Waals surface area contributed by atoms with Crippen LogP contribution in [-0.2, 0) is 4.74 Å². The predicted molar refractivity (Wildman–Crippen MR) is 78.5 cm³/mol.